The zero-order valence-corrected chi connectivity index (χ0v) is 10.4. The summed E-state index contributed by atoms with van der Waals surface area (Å²) in [7, 11) is 0. The van der Waals surface area contributed by atoms with Crippen LogP contribution in [0.1, 0.15) is 25.0 Å². The molecule has 0 saturated carbocycles. The zero-order chi connectivity index (χ0) is 12.8. The van der Waals surface area contributed by atoms with E-state index in [9.17, 15) is 4.79 Å². The molecule has 0 bridgehead atoms. The van der Waals surface area contributed by atoms with Gasteiger partial charge < -0.3 is 5.32 Å². The number of nitrogens with zero attached hydrogens (tertiary/aromatic N) is 2. The summed E-state index contributed by atoms with van der Waals surface area (Å²) in [5.41, 5.74) is 2.06. The van der Waals surface area contributed by atoms with Crippen molar-refractivity contribution in [3.05, 3.63) is 29.6 Å². The number of pyridine rings is 1. The zero-order valence-electron chi connectivity index (χ0n) is 10.4. The van der Waals surface area contributed by atoms with E-state index < -0.39 is 5.92 Å². The summed E-state index contributed by atoms with van der Waals surface area (Å²) in [4.78, 5) is 15.8. The quantitative estimate of drug-likeness (QED) is 0.859. The van der Waals surface area contributed by atoms with Gasteiger partial charge in [-0.1, -0.05) is 13.8 Å². The van der Waals surface area contributed by atoms with Crippen molar-refractivity contribution in [1.82, 2.24) is 10.3 Å². The molecule has 1 aromatic heterocycles. The van der Waals surface area contributed by atoms with Crippen LogP contribution in [0.15, 0.2) is 18.5 Å². The number of nitrogens with one attached hydrogen (secondary N) is 1. The average Bonchev–Trinajstić information content (AvgIpc) is 2.28. The van der Waals surface area contributed by atoms with Crippen molar-refractivity contribution < 1.29 is 4.79 Å². The van der Waals surface area contributed by atoms with Gasteiger partial charge in [-0.05, 0) is 30.0 Å². The number of rotatable bonds is 4. The Kier molecular flexibility index (Phi) is 4.65. The molecule has 0 aliphatic rings. The Morgan fingerprint density at radius 1 is 1.59 bits per heavy atom. The largest absolute Gasteiger partial charge is 0.351 e. The van der Waals surface area contributed by atoms with E-state index >= 15 is 0 Å². The van der Waals surface area contributed by atoms with Crippen molar-refractivity contribution in [1.29, 1.82) is 5.26 Å². The van der Waals surface area contributed by atoms with Gasteiger partial charge in [-0.15, -0.1) is 0 Å². The van der Waals surface area contributed by atoms with Crippen LogP contribution in [0.4, 0.5) is 0 Å². The van der Waals surface area contributed by atoms with E-state index in [1.54, 1.807) is 12.4 Å². The summed E-state index contributed by atoms with van der Waals surface area (Å²) < 4.78 is 0. The molecule has 1 heterocycles. The summed E-state index contributed by atoms with van der Waals surface area (Å²) in [6, 6.07) is 3.92. The highest BCUT2D eigenvalue weighted by Gasteiger charge is 2.21. The van der Waals surface area contributed by atoms with Gasteiger partial charge in [-0.3, -0.25) is 9.78 Å². The summed E-state index contributed by atoms with van der Waals surface area (Å²) >= 11 is 0. The Bertz CT molecular complexity index is 435. The Hall–Kier alpha value is -1.89. The Morgan fingerprint density at radius 3 is 2.82 bits per heavy atom. The van der Waals surface area contributed by atoms with Crippen molar-refractivity contribution >= 4 is 5.91 Å². The minimum Gasteiger partial charge on any atom is -0.351 e. The maximum absolute atomic E-state index is 11.7. The molecule has 17 heavy (non-hydrogen) atoms. The highest BCUT2D eigenvalue weighted by atomic mass is 16.1. The van der Waals surface area contributed by atoms with Gasteiger partial charge in [-0.2, -0.15) is 5.26 Å². The van der Waals surface area contributed by atoms with Gasteiger partial charge in [0, 0.05) is 18.9 Å². The maximum atomic E-state index is 11.7. The second kappa shape index (κ2) is 6.00. The lowest BCUT2D eigenvalue weighted by atomic mass is 9.96. The van der Waals surface area contributed by atoms with Crippen LogP contribution >= 0.6 is 0 Å². The van der Waals surface area contributed by atoms with E-state index in [0.717, 1.165) is 11.1 Å². The van der Waals surface area contributed by atoms with E-state index in [1.807, 2.05) is 32.9 Å². The van der Waals surface area contributed by atoms with E-state index in [4.69, 9.17) is 5.26 Å². The molecule has 1 rings (SSSR count). The molecule has 0 spiro atoms. The van der Waals surface area contributed by atoms with Gasteiger partial charge in [0.1, 0.15) is 5.92 Å². The van der Waals surface area contributed by atoms with Crippen molar-refractivity contribution in [3.8, 4) is 6.07 Å². The molecule has 0 aliphatic heterocycles. The number of aromatic nitrogens is 1. The van der Waals surface area contributed by atoms with Gasteiger partial charge in [0.25, 0.3) is 0 Å². The third-order valence-corrected chi connectivity index (χ3v) is 2.69. The van der Waals surface area contributed by atoms with Crippen LogP contribution in [-0.4, -0.2) is 10.9 Å². The van der Waals surface area contributed by atoms with Gasteiger partial charge in [0.15, 0.2) is 0 Å². The first-order valence-corrected chi connectivity index (χ1v) is 5.63. The molecule has 1 aromatic rings. The first-order chi connectivity index (χ1) is 8.06. The lowest BCUT2D eigenvalue weighted by Crippen LogP contribution is -2.32. The Labute approximate surface area is 102 Å². The summed E-state index contributed by atoms with van der Waals surface area (Å²) in [5, 5.41) is 11.7. The molecule has 0 radical (unpaired) electrons. The van der Waals surface area contributed by atoms with Crippen LogP contribution in [0.5, 0.6) is 0 Å². The van der Waals surface area contributed by atoms with Gasteiger partial charge in [-0.25, -0.2) is 0 Å². The van der Waals surface area contributed by atoms with Gasteiger partial charge in [0.05, 0.1) is 6.07 Å². The standard InChI is InChI=1S/C13H17N3O/c1-9(2)12(6-14)13(17)16-8-11-7-15-5-4-10(11)3/h4-5,7,9,12H,8H2,1-3H3,(H,16,17). The molecule has 4 heteroatoms. The van der Waals surface area contributed by atoms with Crippen LogP contribution in [0, 0.1) is 30.1 Å². The number of nitriles is 1. The lowest BCUT2D eigenvalue weighted by molar-refractivity contribution is -0.124. The smallest absolute Gasteiger partial charge is 0.237 e. The lowest BCUT2D eigenvalue weighted by Gasteiger charge is -2.13. The minimum atomic E-state index is -0.591. The fourth-order valence-corrected chi connectivity index (χ4v) is 1.48. The molecule has 0 saturated heterocycles. The predicted octanol–water partition coefficient (Wildman–Crippen LogP) is 1.80. The van der Waals surface area contributed by atoms with Crippen molar-refractivity contribution in [2.75, 3.05) is 0 Å². The van der Waals surface area contributed by atoms with Crippen LogP contribution in [0.3, 0.4) is 0 Å². The maximum Gasteiger partial charge on any atom is 0.237 e. The summed E-state index contributed by atoms with van der Waals surface area (Å²) in [6.45, 7) is 6.11. The molecular formula is C13H17N3O. The van der Waals surface area contributed by atoms with Crippen LogP contribution in [0.25, 0.3) is 0 Å². The number of carbonyl (C=O) groups excluding carboxylic acids is 1. The molecular weight excluding hydrogens is 214 g/mol. The van der Waals surface area contributed by atoms with E-state index in [2.05, 4.69) is 10.3 Å². The highest BCUT2D eigenvalue weighted by molar-refractivity contribution is 5.81. The molecule has 0 aromatic carbocycles. The van der Waals surface area contributed by atoms with Crippen LogP contribution in [0.2, 0.25) is 0 Å². The van der Waals surface area contributed by atoms with Gasteiger partial charge >= 0.3 is 0 Å². The summed E-state index contributed by atoms with van der Waals surface area (Å²) in [6.07, 6.45) is 3.44. The molecule has 0 aliphatic carbocycles. The number of carbonyl (C=O) groups is 1. The fourth-order valence-electron chi connectivity index (χ4n) is 1.48. The van der Waals surface area contributed by atoms with Crippen LogP contribution in [-0.2, 0) is 11.3 Å². The molecule has 1 unspecified atom stereocenters. The second-order valence-corrected chi connectivity index (χ2v) is 4.37. The first-order valence-electron chi connectivity index (χ1n) is 5.63. The number of aryl methyl sites for hydroxylation is 1. The predicted molar refractivity (Wildman–Crippen MR) is 64.8 cm³/mol. The third-order valence-electron chi connectivity index (χ3n) is 2.69. The Morgan fingerprint density at radius 2 is 2.29 bits per heavy atom. The highest BCUT2D eigenvalue weighted by Crippen LogP contribution is 2.10. The Balaban J connectivity index is 2.60. The summed E-state index contributed by atoms with van der Waals surface area (Å²) in [5.74, 6) is -0.785. The van der Waals surface area contributed by atoms with E-state index in [0.29, 0.717) is 6.54 Å². The number of amides is 1. The van der Waals surface area contributed by atoms with Crippen LogP contribution < -0.4 is 5.32 Å². The monoisotopic (exact) mass is 231 g/mol. The van der Waals surface area contributed by atoms with Gasteiger partial charge in [0.2, 0.25) is 5.91 Å². The molecule has 1 atom stereocenters. The molecule has 4 nitrogen and oxygen atoms in total. The van der Waals surface area contributed by atoms with Crippen molar-refractivity contribution in [2.24, 2.45) is 11.8 Å². The van der Waals surface area contributed by atoms with E-state index in [1.165, 1.54) is 0 Å². The van der Waals surface area contributed by atoms with Crippen molar-refractivity contribution in [3.63, 3.8) is 0 Å². The third kappa shape index (κ3) is 3.56. The molecule has 1 N–H and O–H groups in total. The molecule has 1 amide bonds. The first kappa shape index (κ1) is 13.2. The number of hydrogen-bond donors (Lipinski definition) is 1. The van der Waals surface area contributed by atoms with E-state index in [-0.39, 0.29) is 11.8 Å². The minimum absolute atomic E-state index is 0.0231. The fraction of sp³-hybridized carbons (Fsp3) is 0.462. The topological polar surface area (TPSA) is 65.8 Å². The normalized spacial score (nSPS) is 11.9. The van der Waals surface area contributed by atoms with Crippen molar-refractivity contribution in [2.45, 2.75) is 27.3 Å². The SMILES string of the molecule is Cc1ccncc1CNC(=O)C(C#N)C(C)C. The molecule has 0 fully saturated rings. The average molecular weight is 231 g/mol. The molecule has 90 valence electrons. The second-order valence-electron chi connectivity index (χ2n) is 4.37. The number of hydrogen-bond acceptors (Lipinski definition) is 3.